The number of amides is 2. The normalized spacial score (nSPS) is 15.3. The summed E-state index contributed by atoms with van der Waals surface area (Å²) in [5.41, 5.74) is 3.97. The monoisotopic (exact) mass is 335 g/mol. The van der Waals surface area contributed by atoms with E-state index in [9.17, 15) is 9.90 Å². The number of fused-ring (bicyclic) bond motifs is 1. The van der Waals surface area contributed by atoms with Gasteiger partial charge in [0.15, 0.2) is 0 Å². The van der Waals surface area contributed by atoms with E-state index in [4.69, 9.17) is 5.26 Å². The third-order valence-corrected chi connectivity index (χ3v) is 4.61. The van der Waals surface area contributed by atoms with Gasteiger partial charge in [-0.2, -0.15) is 5.26 Å². The Hall–Kier alpha value is -2.84. The van der Waals surface area contributed by atoms with E-state index in [2.05, 4.69) is 23.5 Å². The summed E-state index contributed by atoms with van der Waals surface area (Å²) in [4.78, 5) is 14.4. The van der Waals surface area contributed by atoms with Crippen LogP contribution < -0.4 is 5.32 Å². The number of aryl methyl sites for hydroxylation is 1. The maximum atomic E-state index is 12.7. The number of rotatable bonds is 5. The molecule has 0 bridgehead atoms. The van der Waals surface area contributed by atoms with Crippen molar-refractivity contribution in [3.63, 3.8) is 0 Å². The molecule has 1 aliphatic carbocycles. The molecule has 2 aromatic rings. The molecule has 0 aliphatic heterocycles. The molecule has 5 heteroatoms. The zero-order chi connectivity index (χ0) is 17.6. The van der Waals surface area contributed by atoms with Crippen LogP contribution in [-0.4, -0.2) is 29.2 Å². The van der Waals surface area contributed by atoms with E-state index in [1.165, 1.54) is 11.1 Å². The molecule has 0 spiro atoms. The molecule has 1 unspecified atom stereocenters. The molecule has 1 aliphatic rings. The second-order valence-electron chi connectivity index (χ2n) is 6.14. The van der Waals surface area contributed by atoms with Gasteiger partial charge in [-0.25, -0.2) is 4.79 Å². The number of carbonyl (C=O) groups excluding carboxylic acids is 1. The minimum atomic E-state index is -0.180. The molecule has 1 atom stereocenters. The fourth-order valence-electron chi connectivity index (χ4n) is 3.34. The highest BCUT2D eigenvalue weighted by Gasteiger charge is 2.30. The maximum absolute atomic E-state index is 12.7. The topological polar surface area (TPSA) is 76.4 Å². The van der Waals surface area contributed by atoms with Crippen LogP contribution in [0.3, 0.4) is 0 Å². The lowest BCUT2D eigenvalue weighted by molar-refractivity contribution is 0.151. The molecule has 3 rings (SSSR count). The minimum absolute atomic E-state index is 0.00400. The van der Waals surface area contributed by atoms with E-state index in [1.54, 1.807) is 17.0 Å². The molecule has 0 fully saturated rings. The highest BCUT2D eigenvalue weighted by Crippen LogP contribution is 2.35. The fourth-order valence-corrected chi connectivity index (χ4v) is 3.34. The average molecular weight is 335 g/mol. The van der Waals surface area contributed by atoms with Gasteiger partial charge in [0.1, 0.15) is 0 Å². The van der Waals surface area contributed by atoms with Crippen molar-refractivity contribution in [1.29, 1.82) is 5.26 Å². The molecule has 0 aromatic heterocycles. The van der Waals surface area contributed by atoms with Gasteiger partial charge in [-0.1, -0.05) is 36.4 Å². The molecule has 128 valence electrons. The van der Waals surface area contributed by atoms with Crippen LogP contribution >= 0.6 is 0 Å². The second kappa shape index (κ2) is 7.82. The highest BCUT2D eigenvalue weighted by atomic mass is 16.3. The summed E-state index contributed by atoms with van der Waals surface area (Å²) in [6, 6.07) is 17.2. The zero-order valence-electron chi connectivity index (χ0n) is 14.0. The van der Waals surface area contributed by atoms with Gasteiger partial charge in [-0.05, 0) is 41.7 Å². The molecule has 2 amide bonds. The van der Waals surface area contributed by atoms with Gasteiger partial charge in [-0.15, -0.1) is 0 Å². The van der Waals surface area contributed by atoms with E-state index < -0.39 is 0 Å². The number of aliphatic hydroxyl groups is 1. The van der Waals surface area contributed by atoms with E-state index in [-0.39, 0.29) is 18.7 Å². The number of aliphatic hydroxyl groups excluding tert-OH is 1. The number of hydrogen-bond acceptors (Lipinski definition) is 3. The molecule has 0 heterocycles. The van der Waals surface area contributed by atoms with E-state index in [1.807, 2.05) is 24.3 Å². The van der Waals surface area contributed by atoms with Crippen LogP contribution in [0.5, 0.6) is 0 Å². The Morgan fingerprint density at radius 1 is 1.24 bits per heavy atom. The number of urea groups is 1. The van der Waals surface area contributed by atoms with Gasteiger partial charge in [0, 0.05) is 13.1 Å². The molecule has 0 saturated carbocycles. The average Bonchev–Trinajstić information content (AvgIpc) is 3.08. The van der Waals surface area contributed by atoms with Gasteiger partial charge in [0.05, 0.1) is 24.3 Å². The smallest absolute Gasteiger partial charge is 0.318 e. The van der Waals surface area contributed by atoms with Gasteiger partial charge >= 0.3 is 6.03 Å². The lowest BCUT2D eigenvalue weighted by Crippen LogP contribution is -2.43. The van der Waals surface area contributed by atoms with Crippen LogP contribution in [0.25, 0.3) is 0 Å². The molecule has 2 N–H and O–H groups in total. The number of hydrogen-bond donors (Lipinski definition) is 2. The van der Waals surface area contributed by atoms with Crippen LogP contribution in [0.1, 0.15) is 34.7 Å². The summed E-state index contributed by atoms with van der Waals surface area (Å²) >= 11 is 0. The fraction of sp³-hybridized carbons (Fsp3) is 0.300. The number of carbonyl (C=O) groups is 1. The lowest BCUT2D eigenvalue weighted by Gasteiger charge is -2.29. The first-order valence-corrected chi connectivity index (χ1v) is 8.45. The number of nitrogens with zero attached hydrogens (tertiary/aromatic N) is 2. The number of nitriles is 1. The quantitative estimate of drug-likeness (QED) is 0.882. The maximum Gasteiger partial charge on any atom is 0.318 e. The summed E-state index contributed by atoms with van der Waals surface area (Å²) in [5.74, 6) is 0. The molecular weight excluding hydrogens is 314 g/mol. The predicted molar refractivity (Wildman–Crippen MR) is 94.7 cm³/mol. The van der Waals surface area contributed by atoms with E-state index in [0.29, 0.717) is 18.7 Å². The Morgan fingerprint density at radius 2 is 2.00 bits per heavy atom. The Balaban J connectivity index is 1.68. The van der Waals surface area contributed by atoms with Crippen molar-refractivity contribution in [2.75, 3.05) is 13.2 Å². The van der Waals surface area contributed by atoms with Gasteiger partial charge in [0.25, 0.3) is 0 Å². The van der Waals surface area contributed by atoms with Crippen molar-refractivity contribution in [3.05, 3.63) is 70.8 Å². The highest BCUT2D eigenvalue weighted by molar-refractivity contribution is 5.75. The van der Waals surface area contributed by atoms with Crippen molar-refractivity contribution < 1.29 is 9.90 Å². The Labute approximate surface area is 147 Å². The van der Waals surface area contributed by atoms with Crippen LogP contribution in [-0.2, 0) is 13.0 Å². The molecule has 5 nitrogen and oxygen atoms in total. The third kappa shape index (κ3) is 3.81. The van der Waals surface area contributed by atoms with Gasteiger partial charge < -0.3 is 15.3 Å². The summed E-state index contributed by atoms with van der Waals surface area (Å²) in [6.07, 6.45) is 1.83. The van der Waals surface area contributed by atoms with Crippen molar-refractivity contribution in [2.45, 2.75) is 25.4 Å². The molecule has 0 saturated heterocycles. The predicted octanol–water partition coefficient (Wildman–Crippen LogP) is 2.75. The van der Waals surface area contributed by atoms with Crippen molar-refractivity contribution in [1.82, 2.24) is 10.2 Å². The molecule has 2 aromatic carbocycles. The summed E-state index contributed by atoms with van der Waals surface area (Å²) in [5, 5.41) is 21.1. The first-order chi connectivity index (χ1) is 12.2. The summed E-state index contributed by atoms with van der Waals surface area (Å²) in [6.45, 7) is 0.627. The number of nitrogens with one attached hydrogen (secondary N) is 1. The first kappa shape index (κ1) is 17.0. The third-order valence-electron chi connectivity index (χ3n) is 4.61. The van der Waals surface area contributed by atoms with Crippen molar-refractivity contribution in [2.24, 2.45) is 0 Å². The van der Waals surface area contributed by atoms with Crippen LogP contribution in [0, 0.1) is 11.3 Å². The van der Waals surface area contributed by atoms with Gasteiger partial charge in [0.2, 0.25) is 0 Å². The van der Waals surface area contributed by atoms with E-state index >= 15 is 0 Å². The van der Waals surface area contributed by atoms with Crippen LogP contribution in [0.15, 0.2) is 48.5 Å². The van der Waals surface area contributed by atoms with E-state index in [0.717, 1.165) is 18.4 Å². The minimum Gasteiger partial charge on any atom is -0.395 e. The molecule has 0 radical (unpaired) electrons. The zero-order valence-corrected chi connectivity index (χ0v) is 14.0. The Morgan fingerprint density at radius 3 is 2.72 bits per heavy atom. The number of benzene rings is 2. The largest absolute Gasteiger partial charge is 0.395 e. The summed E-state index contributed by atoms with van der Waals surface area (Å²) in [7, 11) is 0. The second-order valence-corrected chi connectivity index (χ2v) is 6.14. The van der Waals surface area contributed by atoms with Crippen molar-refractivity contribution >= 4 is 6.03 Å². The molecule has 25 heavy (non-hydrogen) atoms. The standard InChI is InChI=1S/C20H21N3O2/c21-13-15-5-7-16(8-6-15)14-22-20(25)23(11-12-24)19-10-9-17-3-1-2-4-18(17)19/h1-8,19,24H,9-12,14H2,(H,22,25). The van der Waals surface area contributed by atoms with Crippen LogP contribution in [0.2, 0.25) is 0 Å². The first-order valence-electron chi connectivity index (χ1n) is 8.45. The van der Waals surface area contributed by atoms with Gasteiger partial charge in [-0.3, -0.25) is 0 Å². The lowest BCUT2D eigenvalue weighted by atomic mass is 10.1. The molecular formula is C20H21N3O2. The summed E-state index contributed by atoms with van der Waals surface area (Å²) < 4.78 is 0. The van der Waals surface area contributed by atoms with Crippen molar-refractivity contribution in [3.8, 4) is 6.07 Å². The SMILES string of the molecule is N#Cc1ccc(CNC(=O)N(CCO)C2CCc3ccccc32)cc1. The Bertz CT molecular complexity index is 780. The Kier molecular flexibility index (Phi) is 5.32. The van der Waals surface area contributed by atoms with Crippen LogP contribution in [0.4, 0.5) is 4.79 Å².